The predicted molar refractivity (Wildman–Crippen MR) is 54.1 cm³/mol. The van der Waals surface area contributed by atoms with Gasteiger partial charge in [0.25, 0.3) is 5.69 Å². The number of nitro groups is 1. The molecule has 0 atom stereocenters. The van der Waals surface area contributed by atoms with Gasteiger partial charge in [-0.2, -0.15) is 0 Å². The molecule has 0 radical (unpaired) electrons. The van der Waals surface area contributed by atoms with Gasteiger partial charge >= 0.3 is 5.63 Å². The molecule has 0 bridgehead atoms. The van der Waals surface area contributed by atoms with Gasteiger partial charge in [-0.1, -0.05) is 11.6 Å². The summed E-state index contributed by atoms with van der Waals surface area (Å²) < 4.78 is 4.81. The van der Waals surface area contributed by atoms with Crippen LogP contribution in [-0.2, 0) is 0 Å². The average molecular weight is 226 g/mol. The third-order valence-corrected chi connectivity index (χ3v) is 2.20. The van der Waals surface area contributed by atoms with Gasteiger partial charge in [-0.3, -0.25) is 10.1 Å². The number of fused-ring (bicyclic) bond motifs is 1. The van der Waals surface area contributed by atoms with Crippen molar-refractivity contribution in [3.8, 4) is 0 Å². The highest BCUT2D eigenvalue weighted by Crippen LogP contribution is 2.25. The van der Waals surface area contributed by atoms with Crippen LogP contribution < -0.4 is 5.63 Å². The molecule has 0 unspecified atom stereocenters. The Labute approximate surface area is 88.0 Å². The fourth-order valence-electron chi connectivity index (χ4n) is 1.23. The van der Waals surface area contributed by atoms with Crippen LogP contribution in [0.1, 0.15) is 0 Å². The number of rotatable bonds is 1. The third-order valence-electron chi connectivity index (χ3n) is 1.89. The summed E-state index contributed by atoms with van der Waals surface area (Å²) in [7, 11) is 0. The molecule has 5 nitrogen and oxygen atoms in total. The second-order valence-electron chi connectivity index (χ2n) is 2.85. The number of hydrogen-bond donors (Lipinski definition) is 0. The molecule has 0 fully saturated rings. The summed E-state index contributed by atoms with van der Waals surface area (Å²) in [4.78, 5) is 20.9. The molecule has 2 aromatic rings. The van der Waals surface area contributed by atoms with Crippen LogP contribution in [0.5, 0.6) is 0 Å². The molecule has 0 N–H and O–H groups in total. The fraction of sp³-hybridized carbons (Fsp3) is 0. The predicted octanol–water partition coefficient (Wildman–Crippen LogP) is 2.35. The number of non-ortho nitro benzene ring substituents is 1. The van der Waals surface area contributed by atoms with Gasteiger partial charge in [0, 0.05) is 23.6 Å². The maximum atomic E-state index is 10.9. The van der Waals surface area contributed by atoms with Crippen molar-refractivity contribution < 1.29 is 9.34 Å². The minimum atomic E-state index is -0.582. The van der Waals surface area contributed by atoms with E-state index in [1.54, 1.807) is 0 Å². The number of benzene rings is 1. The van der Waals surface area contributed by atoms with Crippen LogP contribution in [0.15, 0.2) is 33.5 Å². The van der Waals surface area contributed by atoms with Gasteiger partial charge in [-0.15, -0.1) is 0 Å². The van der Waals surface area contributed by atoms with Crippen molar-refractivity contribution in [1.29, 1.82) is 0 Å². The van der Waals surface area contributed by atoms with E-state index in [0.717, 1.165) is 6.07 Å². The summed E-state index contributed by atoms with van der Waals surface area (Å²) in [5, 5.41) is 11.0. The van der Waals surface area contributed by atoms with Crippen molar-refractivity contribution in [2.75, 3.05) is 0 Å². The van der Waals surface area contributed by atoms with Gasteiger partial charge in [-0.25, -0.2) is 4.79 Å². The van der Waals surface area contributed by atoms with E-state index in [2.05, 4.69) is 0 Å². The lowest BCUT2D eigenvalue weighted by Crippen LogP contribution is -1.96. The number of nitro benzene ring substituents is 1. The first-order valence-electron chi connectivity index (χ1n) is 3.96. The first-order chi connectivity index (χ1) is 7.08. The molecule has 1 aromatic heterocycles. The molecular weight excluding hydrogens is 222 g/mol. The minimum absolute atomic E-state index is 0.0988. The van der Waals surface area contributed by atoms with Crippen molar-refractivity contribution in [3.05, 3.63) is 49.8 Å². The monoisotopic (exact) mass is 225 g/mol. The maximum Gasteiger partial charge on any atom is 0.337 e. The Hall–Kier alpha value is -1.88. The summed E-state index contributed by atoms with van der Waals surface area (Å²) in [5.41, 5.74) is -0.447. The fourth-order valence-corrected chi connectivity index (χ4v) is 1.46. The summed E-state index contributed by atoms with van der Waals surface area (Å²) in [5.74, 6) is 0. The second-order valence-corrected chi connectivity index (χ2v) is 3.26. The standard InChI is InChI=1S/C9H4ClNO4/c10-7-4-9(12)15-8-2-1-5(11(13)14)3-6(7)8/h1-4H. The molecule has 1 heterocycles. The van der Waals surface area contributed by atoms with E-state index in [-0.39, 0.29) is 16.3 Å². The molecule has 76 valence electrons. The van der Waals surface area contributed by atoms with Crippen molar-refractivity contribution in [3.63, 3.8) is 0 Å². The van der Waals surface area contributed by atoms with Gasteiger partial charge in [0.1, 0.15) is 5.58 Å². The Morgan fingerprint density at radius 3 is 2.73 bits per heavy atom. The highest BCUT2D eigenvalue weighted by Gasteiger charge is 2.10. The number of hydrogen-bond acceptors (Lipinski definition) is 4. The average Bonchev–Trinajstić information content (AvgIpc) is 2.16. The lowest BCUT2D eigenvalue weighted by molar-refractivity contribution is -0.384. The normalized spacial score (nSPS) is 10.5. The Balaban J connectivity index is 2.82. The Morgan fingerprint density at radius 2 is 2.07 bits per heavy atom. The van der Waals surface area contributed by atoms with Gasteiger partial charge in [0.15, 0.2) is 0 Å². The van der Waals surface area contributed by atoms with Gasteiger partial charge in [-0.05, 0) is 6.07 Å². The second kappa shape index (κ2) is 3.36. The van der Waals surface area contributed by atoms with Crippen LogP contribution in [0.3, 0.4) is 0 Å². The quantitative estimate of drug-likeness (QED) is 0.424. The van der Waals surface area contributed by atoms with Crippen molar-refractivity contribution in [2.24, 2.45) is 0 Å². The maximum absolute atomic E-state index is 10.9. The van der Waals surface area contributed by atoms with Gasteiger partial charge in [0.05, 0.1) is 9.95 Å². The van der Waals surface area contributed by atoms with E-state index in [4.69, 9.17) is 16.0 Å². The van der Waals surface area contributed by atoms with Gasteiger partial charge < -0.3 is 4.42 Å². The molecule has 15 heavy (non-hydrogen) atoms. The molecule has 0 amide bonds. The molecule has 0 saturated heterocycles. The molecule has 2 rings (SSSR count). The smallest absolute Gasteiger partial charge is 0.337 e. The van der Waals surface area contributed by atoms with Crippen LogP contribution >= 0.6 is 11.6 Å². The van der Waals surface area contributed by atoms with E-state index in [9.17, 15) is 14.9 Å². The van der Waals surface area contributed by atoms with Crippen LogP contribution in [0.2, 0.25) is 5.02 Å². The molecule has 6 heteroatoms. The zero-order valence-corrected chi connectivity index (χ0v) is 8.02. The van der Waals surface area contributed by atoms with E-state index in [1.165, 1.54) is 18.2 Å². The first kappa shape index (κ1) is 9.67. The SMILES string of the molecule is O=c1cc(Cl)c2cc([N+](=O)[O-])ccc2o1. The number of nitrogens with zero attached hydrogens (tertiary/aromatic N) is 1. The van der Waals surface area contributed by atoms with Crippen LogP contribution in [0.25, 0.3) is 11.0 Å². The molecule has 0 saturated carbocycles. The van der Waals surface area contributed by atoms with E-state index >= 15 is 0 Å². The van der Waals surface area contributed by atoms with Crippen molar-refractivity contribution in [1.82, 2.24) is 0 Å². The van der Waals surface area contributed by atoms with E-state index < -0.39 is 10.5 Å². The van der Waals surface area contributed by atoms with Gasteiger partial charge in [0.2, 0.25) is 0 Å². The zero-order valence-electron chi connectivity index (χ0n) is 7.27. The van der Waals surface area contributed by atoms with Crippen molar-refractivity contribution in [2.45, 2.75) is 0 Å². The lowest BCUT2D eigenvalue weighted by Gasteiger charge is -1.97. The summed E-state index contributed by atoms with van der Waals surface area (Å²) >= 11 is 5.76. The molecule has 0 aliphatic carbocycles. The first-order valence-corrected chi connectivity index (χ1v) is 4.33. The summed E-state index contributed by atoms with van der Waals surface area (Å²) in [6, 6.07) is 4.94. The Kier molecular flexibility index (Phi) is 2.17. The highest BCUT2D eigenvalue weighted by atomic mass is 35.5. The molecule has 0 aliphatic heterocycles. The number of halogens is 1. The largest absolute Gasteiger partial charge is 0.423 e. The van der Waals surface area contributed by atoms with Crippen LogP contribution in [0.4, 0.5) is 5.69 Å². The van der Waals surface area contributed by atoms with Crippen LogP contribution in [-0.4, -0.2) is 4.92 Å². The van der Waals surface area contributed by atoms with E-state index in [1.807, 2.05) is 0 Å². The molecule has 0 aliphatic rings. The van der Waals surface area contributed by atoms with E-state index in [0.29, 0.717) is 5.39 Å². The van der Waals surface area contributed by atoms with Crippen molar-refractivity contribution >= 4 is 28.3 Å². The summed E-state index contributed by atoms with van der Waals surface area (Å²) in [6.45, 7) is 0. The Morgan fingerprint density at radius 1 is 1.33 bits per heavy atom. The third kappa shape index (κ3) is 1.69. The molecular formula is C9H4ClNO4. The zero-order chi connectivity index (χ0) is 11.0. The molecule has 0 spiro atoms. The minimum Gasteiger partial charge on any atom is -0.423 e. The highest BCUT2D eigenvalue weighted by molar-refractivity contribution is 6.35. The van der Waals surface area contributed by atoms with Crippen LogP contribution in [0, 0.1) is 10.1 Å². The molecule has 1 aromatic carbocycles. The summed E-state index contributed by atoms with van der Waals surface area (Å²) in [6.07, 6.45) is 0. The lowest BCUT2D eigenvalue weighted by atomic mass is 10.2. The Bertz CT molecular complexity index is 605. The topological polar surface area (TPSA) is 73.3 Å².